The third kappa shape index (κ3) is 3.92. The number of hydrogen-bond donors (Lipinski definition) is 1. The summed E-state index contributed by atoms with van der Waals surface area (Å²) in [6.45, 7) is 2.23. The summed E-state index contributed by atoms with van der Waals surface area (Å²) in [4.78, 5) is 13.5. The highest BCUT2D eigenvalue weighted by atomic mass is 19.1. The van der Waals surface area contributed by atoms with Crippen LogP contribution in [0.4, 0.5) is 4.39 Å². The minimum atomic E-state index is -0.525. The molecule has 0 aliphatic rings. The number of esters is 1. The maximum atomic E-state index is 14.5. The molecule has 0 aliphatic heterocycles. The number of nitrogens with zero attached hydrogens (tertiary/aromatic N) is 1. The van der Waals surface area contributed by atoms with E-state index >= 15 is 0 Å². The molecule has 128 valence electrons. The number of ether oxygens (including phenoxy) is 1. The van der Waals surface area contributed by atoms with Crippen LogP contribution in [0, 0.1) is 5.82 Å². The molecule has 0 fully saturated rings. The lowest BCUT2D eigenvalue weighted by Gasteiger charge is -2.14. The Labute approximate surface area is 141 Å². The highest BCUT2D eigenvalue weighted by molar-refractivity contribution is 5.78. The molecule has 1 N–H and O–H groups in total. The molecule has 2 aromatic rings. The first-order valence-corrected chi connectivity index (χ1v) is 7.67. The molecule has 0 heterocycles. The zero-order chi connectivity index (χ0) is 17.9. The van der Waals surface area contributed by atoms with Crippen molar-refractivity contribution < 1.29 is 19.0 Å². The predicted molar refractivity (Wildman–Crippen MR) is 91.3 cm³/mol. The van der Waals surface area contributed by atoms with Crippen molar-refractivity contribution in [2.24, 2.45) is 0 Å². The quantitative estimate of drug-likeness (QED) is 0.852. The Kier molecular flexibility index (Phi) is 5.57. The first-order chi connectivity index (χ1) is 11.3. The lowest BCUT2D eigenvalue weighted by atomic mass is 9.96. The second-order valence-electron chi connectivity index (χ2n) is 6.07. The Bertz CT molecular complexity index is 743. The van der Waals surface area contributed by atoms with E-state index in [4.69, 9.17) is 4.74 Å². The predicted octanol–water partition coefficient (Wildman–Crippen LogP) is 3.54. The van der Waals surface area contributed by atoms with Gasteiger partial charge in [0.2, 0.25) is 0 Å². The summed E-state index contributed by atoms with van der Waals surface area (Å²) in [5.41, 5.74) is 2.40. The summed E-state index contributed by atoms with van der Waals surface area (Å²) in [6, 6.07) is 9.75. The standard InChI is InChI=1S/C19H22FNO3/c1-12(19(23)24-4)13-5-7-16(17(20)10-13)14-6-8-18(22)15(9-14)11-21(2)3/h5-10,12,22H,11H2,1-4H3. The van der Waals surface area contributed by atoms with Crippen molar-refractivity contribution in [3.05, 3.63) is 53.3 Å². The van der Waals surface area contributed by atoms with E-state index in [1.165, 1.54) is 13.2 Å². The third-order valence-corrected chi connectivity index (χ3v) is 3.92. The van der Waals surface area contributed by atoms with Crippen molar-refractivity contribution in [2.75, 3.05) is 21.2 Å². The van der Waals surface area contributed by atoms with E-state index in [-0.39, 0.29) is 5.75 Å². The van der Waals surface area contributed by atoms with E-state index in [0.29, 0.717) is 23.2 Å². The number of hydrogen-bond acceptors (Lipinski definition) is 4. The number of aromatic hydroxyl groups is 1. The van der Waals surface area contributed by atoms with Crippen molar-refractivity contribution in [1.82, 2.24) is 4.90 Å². The fourth-order valence-corrected chi connectivity index (χ4v) is 2.57. The van der Waals surface area contributed by atoms with Crippen molar-refractivity contribution in [2.45, 2.75) is 19.4 Å². The number of phenols is 1. The lowest BCUT2D eigenvalue weighted by Crippen LogP contribution is -2.11. The molecular formula is C19H22FNO3. The molecule has 4 nitrogen and oxygen atoms in total. The smallest absolute Gasteiger partial charge is 0.312 e. The van der Waals surface area contributed by atoms with Gasteiger partial charge in [0.15, 0.2) is 0 Å². The van der Waals surface area contributed by atoms with Crippen LogP contribution in [0.2, 0.25) is 0 Å². The summed E-state index contributed by atoms with van der Waals surface area (Å²) < 4.78 is 19.2. The SMILES string of the molecule is COC(=O)C(C)c1ccc(-c2ccc(O)c(CN(C)C)c2)c(F)c1. The zero-order valence-electron chi connectivity index (χ0n) is 14.3. The van der Waals surface area contributed by atoms with Crippen molar-refractivity contribution in [3.63, 3.8) is 0 Å². The molecule has 1 atom stereocenters. The van der Waals surface area contributed by atoms with Crippen LogP contribution in [0.3, 0.4) is 0 Å². The third-order valence-electron chi connectivity index (χ3n) is 3.92. The van der Waals surface area contributed by atoms with Crippen molar-refractivity contribution in [3.8, 4) is 16.9 Å². The molecule has 2 rings (SSSR count). The maximum absolute atomic E-state index is 14.5. The molecule has 24 heavy (non-hydrogen) atoms. The topological polar surface area (TPSA) is 49.8 Å². The van der Waals surface area contributed by atoms with Gasteiger partial charge in [0.05, 0.1) is 13.0 Å². The largest absolute Gasteiger partial charge is 0.508 e. The summed E-state index contributed by atoms with van der Waals surface area (Å²) in [6.07, 6.45) is 0. The van der Waals surface area contributed by atoms with Crippen LogP contribution in [0.25, 0.3) is 11.1 Å². The summed E-state index contributed by atoms with van der Waals surface area (Å²) in [5, 5.41) is 9.93. The fourth-order valence-electron chi connectivity index (χ4n) is 2.57. The highest BCUT2D eigenvalue weighted by Crippen LogP contribution is 2.30. The van der Waals surface area contributed by atoms with Gasteiger partial charge in [-0.2, -0.15) is 0 Å². The fraction of sp³-hybridized carbons (Fsp3) is 0.316. The summed E-state index contributed by atoms with van der Waals surface area (Å²) >= 11 is 0. The van der Waals surface area contributed by atoms with Crippen LogP contribution in [-0.2, 0) is 16.1 Å². The van der Waals surface area contributed by atoms with E-state index < -0.39 is 17.7 Å². The van der Waals surface area contributed by atoms with Gasteiger partial charge in [-0.1, -0.05) is 18.2 Å². The second kappa shape index (κ2) is 7.45. The van der Waals surface area contributed by atoms with Gasteiger partial charge in [0, 0.05) is 17.7 Å². The van der Waals surface area contributed by atoms with Crippen LogP contribution in [0.15, 0.2) is 36.4 Å². The molecule has 0 amide bonds. The van der Waals surface area contributed by atoms with Crippen LogP contribution >= 0.6 is 0 Å². The number of carbonyl (C=O) groups is 1. The normalized spacial score (nSPS) is 12.2. The first-order valence-electron chi connectivity index (χ1n) is 7.67. The molecule has 0 aliphatic carbocycles. The molecule has 1 unspecified atom stereocenters. The molecule has 0 saturated carbocycles. The number of halogens is 1. The van der Waals surface area contributed by atoms with Gasteiger partial charge < -0.3 is 14.7 Å². The second-order valence-corrected chi connectivity index (χ2v) is 6.07. The molecule has 0 radical (unpaired) electrons. The number of phenolic OH excluding ortho intramolecular Hbond substituents is 1. The van der Waals surface area contributed by atoms with Gasteiger partial charge in [0.1, 0.15) is 11.6 Å². The lowest BCUT2D eigenvalue weighted by molar-refractivity contribution is -0.141. The number of benzene rings is 2. The molecule has 5 heteroatoms. The van der Waals surface area contributed by atoms with E-state index in [9.17, 15) is 14.3 Å². The summed E-state index contributed by atoms with van der Waals surface area (Å²) in [5.74, 6) is -1.16. The van der Waals surface area contributed by atoms with Crippen LogP contribution in [0.5, 0.6) is 5.75 Å². The Morgan fingerprint density at radius 3 is 2.54 bits per heavy atom. The van der Waals surface area contributed by atoms with Crippen molar-refractivity contribution in [1.29, 1.82) is 0 Å². The number of rotatable bonds is 5. The molecule has 0 saturated heterocycles. The highest BCUT2D eigenvalue weighted by Gasteiger charge is 2.18. The van der Waals surface area contributed by atoms with Gasteiger partial charge >= 0.3 is 5.97 Å². The van der Waals surface area contributed by atoms with Crippen LogP contribution in [-0.4, -0.2) is 37.2 Å². The van der Waals surface area contributed by atoms with Gasteiger partial charge in [-0.3, -0.25) is 4.79 Å². The minimum Gasteiger partial charge on any atom is -0.508 e. The average molecular weight is 331 g/mol. The Balaban J connectivity index is 2.38. The molecule has 0 bridgehead atoms. The molecule has 0 aromatic heterocycles. The Hall–Kier alpha value is -2.40. The van der Waals surface area contributed by atoms with E-state index in [0.717, 1.165) is 5.56 Å². The Morgan fingerprint density at radius 1 is 1.25 bits per heavy atom. The molecule has 2 aromatic carbocycles. The van der Waals surface area contributed by atoms with Gasteiger partial charge in [-0.25, -0.2) is 4.39 Å². The van der Waals surface area contributed by atoms with Crippen LogP contribution in [0.1, 0.15) is 24.0 Å². The van der Waals surface area contributed by atoms with Crippen LogP contribution < -0.4 is 0 Å². The first kappa shape index (κ1) is 17.9. The van der Waals surface area contributed by atoms with Gasteiger partial charge in [0.25, 0.3) is 0 Å². The average Bonchev–Trinajstić information content (AvgIpc) is 2.55. The van der Waals surface area contributed by atoms with E-state index in [1.54, 1.807) is 37.3 Å². The Morgan fingerprint density at radius 2 is 1.96 bits per heavy atom. The van der Waals surface area contributed by atoms with E-state index in [1.807, 2.05) is 19.0 Å². The minimum absolute atomic E-state index is 0.184. The van der Waals surface area contributed by atoms with Gasteiger partial charge in [-0.15, -0.1) is 0 Å². The van der Waals surface area contributed by atoms with Crippen molar-refractivity contribution >= 4 is 5.97 Å². The van der Waals surface area contributed by atoms with E-state index in [2.05, 4.69) is 0 Å². The number of carbonyl (C=O) groups excluding carboxylic acids is 1. The zero-order valence-corrected chi connectivity index (χ0v) is 14.3. The van der Waals surface area contributed by atoms with Gasteiger partial charge in [-0.05, 0) is 50.3 Å². The monoisotopic (exact) mass is 331 g/mol. The maximum Gasteiger partial charge on any atom is 0.312 e. The molecule has 0 spiro atoms. The summed E-state index contributed by atoms with van der Waals surface area (Å²) in [7, 11) is 5.11. The number of methoxy groups -OCH3 is 1. The molecular weight excluding hydrogens is 309 g/mol.